The van der Waals surface area contributed by atoms with Crippen molar-refractivity contribution in [2.45, 2.75) is 19.9 Å². The normalized spacial score (nSPS) is 15.7. The van der Waals surface area contributed by atoms with E-state index in [0.717, 1.165) is 16.9 Å². The van der Waals surface area contributed by atoms with Crippen molar-refractivity contribution in [3.63, 3.8) is 0 Å². The standard InChI is InChI=1S/C25H20FN3O5S/c1-3-34-24(31)21-15(2)27-25-28(22(21)17-9-11-18(26)12-10-17)23(30)20(35-25)6-4-5-16-7-13-19(14-8-16)29(32)33/h4-14,22H,3H2,1-2H3/b5-4+,20-6+/t22-/m0/s1. The Morgan fingerprint density at radius 2 is 1.91 bits per heavy atom. The van der Waals surface area contributed by atoms with E-state index in [1.807, 2.05) is 0 Å². The van der Waals surface area contributed by atoms with Crippen LogP contribution in [0.2, 0.25) is 0 Å². The third-order valence-corrected chi connectivity index (χ3v) is 6.34. The van der Waals surface area contributed by atoms with Gasteiger partial charge in [-0.3, -0.25) is 19.5 Å². The Hall–Kier alpha value is -4.18. The van der Waals surface area contributed by atoms with Crippen molar-refractivity contribution >= 4 is 35.1 Å². The predicted octanol–water partition coefficient (Wildman–Crippen LogP) is 3.51. The van der Waals surface area contributed by atoms with Crippen LogP contribution in [0.15, 0.2) is 75.7 Å². The number of allylic oxidation sites excluding steroid dienone is 2. The number of rotatable bonds is 6. The quantitative estimate of drug-likeness (QED) is 0.297. The molecule has 8 nitrogen and oxygen atoms in total. The lowest BCUT2D eigenvalue weighted by atomic mass is 9.96. The van der Waals surface area contributed by atoms with E-state index in [1.165, 1.54) is 41.0 Å². The largest absolute Gasteiger partial charge is 0.463 e. The van der Waals surface area contributed by atoms with Gasteiger partial charge < -0.3 is 4.74 Å². The van der Waals surface area contributed by atoms with E-state index in [2.05, 4.69) is 4.99 Å². The number of halogens is 1. The summed E-state index contributed by atoms with van der Waals surface area (Å²) in [5.41, 5.74) is 1.56. The highest BCUT2D eigenvalue weighted by Crippen LogP contribution is 2.30. The SMILES string of the molecule is CCOC(=O)C1=C(C)N=c2s/c(=C/C=C/c3ccc([N+](=O)[O-])cc3)c(=O)n2[C@H]1c1ccc(F)cc1. The van der Waals surface area contributed by atoms with E-state index in [4.69, 9.17) is 4.74 Å². The summed E-state index contributed by atoms with van der Waals surface area (Å²) in [7, 11) is 0. The zero-order chi connectivity index (χ0) is 25.1. The molecule has 1 aliphatic heterocycles. The molecule has 0 unspecified atom stereocenters. The van der Waals surface area contributed by atoms with Crippen LogP contribution in [0.5, 0.6) is 0 Å². The number of nitrogens with zero attached hydrogens (tertiary/aromatic N) is 3. The average molecular weight is 494 g/mol. The van der Waals surface area contributed by atoms with Gasteiger partial charge in [0.2, 0.25) is 0 Å². The number of esters is 1. The Balaban J connectivity index is 1.79. The van der Waals surface area contributed by atoms with Gasteiger partial charge in [-0.15, -0.1) is 0 Å². The average Bonchev–Trinajstić information content (AvgIpc) is 3.14. The van der Waals surface area contributed by atoms with Crippen LogP contribution in [0.25, 0.3) is 12.2 Å². The number of fused-ring (bicyclic) bond motifs is 1. The van der Waals surface area contributed by atoms with Gasteiger partial charge in [0.1, 0.15) is 5.82 Å². The van der Waals surface area contributed by atoms with E-state index >= 15 is 0 Å². The molecule has 0 saturated heterocycles. The number of hydrogen-bond donors (Lipinski definition) is 0. The molecule has 1 aromatic heterocycles. The molecule has 0 saturated carbocycles. The molecule has 2 heterocycles. The van der Waals surface area contributed by atoms with Crippen molar-refractivity contribution in [2.24, 2.45) is 4.99 Å². The minimum Gasteiger partial charge on any atom is -0.463 e. The van der Waals surface area contributed by atoms with Gasteiger partial charge in [0.05, 0.1) is 33.4 Å². The fraction of sp³-hybridized carbons (Fsp3) is 0.160. The first-order valence-corrected chi connectivity index (χ1v) is 11.5. The molecule has 4 rings (SSSR count). The highest BCUT2D eigenvalue weighted by atomic mass is 32.1. The maximum atomic E-state index is 13.6. The van der Waals surface area contributed by atoms with Gasteiger partial charge in [0, 0.05) is 12.1 Å². The van der Waals surface area contributed by atoms with Gasteiger partial charge in [-0.05, 0) is 55.3 Å². The highest BCUT2D eigenvalue weighted by molar-refractivity contribution is 7.07. The van der Waals surface area contributed by atoms with Crippen molar-refractivity contribution in [1.82, 2.24) is 4.57 Å². The number of carbonyl (C=O) groups excluding carboxylic acids is 1. The third-order valence-electron chi connectivity index (χ3n) is 5.34. The zero-order valence-electron chi connectivity index (χ0n) is 18.8. The van der Waals surface area contributed by atoms with Crippen LogP contribution in [0.3, 0.4) is 0 Å². The third kappa shape index (κ3) is 4.87. The fourth-order valence-corrected chi connectivity index (χ4v) is 4.72. The zero-order valence-corrected chi connectivity index (χ0v) is 19.6. The number of ether oxygens (including phenoxy) is 1. The van der Waals surface area contributed by atoms with Crippen molar-refractivity contribution in [3.05, 3.63) is 113 Å². The van der Waals surface area contributed by atoms with Gasteiger partial charge in [0.15, 0.2) is 4.80 Å². The summed E-state index contributed by atoms with van der Waals surface area (Å²) in [5.74, 6) is -1.02. The van der Waals surface area contributed by atoms with E-state index in [9.17, 15) is 24.1 Å². The molecule has 0 aliphatic carbocycles. The summed E-state index contributed by atoms with van der Waals surface area (Å²) in [6, 6.07) is 10.8. The summed E-state index contributed by atoms with van der Waals surface area (Å²) in [6.07, 6.45) is 5.00. The lowest BCUT2D eigenvalue weighted by Crippen LogP contribution is -2.39. The molecule has 1 aliphatic rings. The fourth-order valence-electron chi connectivity index (χ4n) is 3.72. The van der Waals surface area contributed by atoms with E-state index < -0.39 is 22.8 Å². The van der Waals surface area contributed by atoms with Crippen molar-refractivity contribution in [2.75, 3.05) is 6.61 Å². The highest BCUT2D eigenvalue weighted by Gasteiger charge is 2.33. The van der Waals surface area contributed by atoms with Gasteiger partial charge in [-0.2, -0.15) is 0 Å². The number of nitro benzene ring substituents is 1. The molecule has 3 aromatic rings. The first-order chi connectivity index (χ1) is 16.8. The van der Waals surface area contributed by atoms with Crippen LogP contribution < -0.4 is 14.9 Å². The number of hydrogen-bond acceptors (Lipinski definition) is 7. The summed E-state index contributed by atoms with van der Waals surface area (Å²) in [6.45, 7) is 3.52. The van der Waals surface area contributed by atoms with E-state index in [-0.39, 0.29) is 23.4 Å². The van der Waals surface area contributed by atoms with Crippen molar-refractivity contribution in [3.8, 4) is 0 Å². The van der Waals surface area contributed by atoms with Crippen LogP contribution in [-0.2, 0) is 9.53 Å². The Morgan fingerprint density at radius 3 is 2.54 bits per heavy atom. The van der Waals surface area contributed by atoms with Gasteiger partial charge in [-0.1, -0.05) is 35.6 Å². The minimum atomic E-state index is -0.813. The summed E-state index contributed by atoms with van der Waals surface area (Å²) >= 11 is 1.16. The molecule has 1 atom stereocenters. The van der Waals surface area contributed by atoms with E-state index in [0.29, 0.717) is 20.6 Å². The van der Waals surface area contributed by atoms with Crippen molar-refractivity contribution < 1.29 is 18.8 Å². The molecule has 0 N–H and O–H groups in total. The van der Waals surface area contributed by atoms with Crippen LogP contribution in [0.1, 0.15) is 31.0 Å². The molecule has 0 radical (unpaired) electrons. The molecule has 178 valence electrons. The molecule has 2 aromatic carbocycles. The monoisotopic (exact) mass is 493 g/mol. The Labute approximate surface area is 202 Å². The Morgan fingerprint density at radius 1 is 1.23 bits per heavy atom. The molecule has 0 fully saturated rings. The number of non-ortho nitro benzene ring substituents is 1. The summed E-state index contributed by atoms with van der Waals surface area (Å²) < 4.78 is 20.6. The Bertz CT molecular complexity index is 1530. The number of benzene rings is 2. The number of aromatic nitrogens is 1. The molecule has 0 bridgehead atoms. The molecule has 0 spiro atoms. The van der Waals surface area contributed by atoms with Crippen LogP contribution in [-0.4, -0.2) is 22.1 Å². The predicted molar refractivity (Wildman–Crippen MR) is 130 cm³/mol. The smallest absolute Gasteiger partial charge is 0.338 e. The number of nitro groups is 1. The maximum absolute atomic E-state index is 13.6. The molecule has 35 heavy (non-hydrogen) atoms. The van der Waals surface area contributed by atoms with Crippen LogP contribution in [0.4, 0.5) is 10.1 Å². The van der Waals surface area contributed by atoms with Gasteiger partial charge in [0.25, 0.3) is 11.2 Å². The van der Waals surface area contributed by atoms with Crippen molar-refractivity contribution in [1.29, 1.82) is 0 Å². The minimum absolute atomic E-state index is 0.0102. The molecule has 0 amide bonds. The number of thiazole rings is 1. The second kappa shape index (κ2) is 9.98. The lowest BCUT2D eigenvalue weighted by molar-refractivity contribution is -0.384. The van der Waals surface area contributed by atoms with Crippen LogP contribution >= 0.6 is 11.3 Å². The number of carbonyl (C=O) groups is 1. The maximum Gasteiger partial charge on any atom is 0.338 e. The first kappa shape index (κ1) is 24.0. The Kier molecular flexibility index (Phi) is 6.83. The molecular weight excluding hydrogens is 473 g/mol. The topological polar surface area (TPSA) is 104 Å². The summed E-state index contributed by atoms with van der Waals surface area (Å²) in [4.78, 5) is 41.4. The van der Waals surface area contributed by atoms with E-state index in [1.54, 1.807) is 44.2 Å². The van der Waals surface area contributed by atoms with Gasteiger partial charge in [-0.25, -0.2) is 14.2 Å². The van der Waals surface area contributed by atoms with Gasteiger partial charge >= 0.3 is 5.97 Å². The molecular formula is C25H20FN3O5S. The molecule has 10 heteroatoms. The summed E-state index contributed by atoms with van der Waals surface area (Å²) in [5, 5.41) is 10.8. The second-order valence-corrected chi connectivity index (χ2v) is 8.59. The van der Waals surface area contributed by atoms with Crippen LogP contribution in [0, 0.1) is 15.9 Å². The lowest BCUT2D eigenvalue weighted by Gasteiger charge is -2.24. The second-order valence-electron chi connectivity index (χ2n) is 7.58. The first-order valence-electron chi connectivity index (χ1n) is 10.7.